The molecule has 1 fully saturated rings. The molecule has 0 spiro atoms. The van der Waals surface area contributed by atoms with E-state index in [2.05, 4.69) is 24.9 Å². The second kappa shape index (κ2) is 29.1. The first-order valence-electron chi connectivity index (χ1n) is 25.3. The van der Waals surface area contributed by atoms with Gasteiger partial charge in [-0.2, -0.15) is 11.8 Å². The number of nitro benzene ring substituents is 1. The highest BCUT2D eigenvalue weighted by molar-refractivity contribution is 8.00. The van der Waals surface area contributed by atoms with Gasteiger partial charge < -0.3 is 34.6 Å². The molecule has 13 heteroatoms. The predicted octanol–water partition coefficient (Wildman–Crippen LogP) is 12.8. The van der Waals surface area contributed by atoms with Gasteiger partial charge in [0.15, 0.2) is 0 Å². The average molecular weight is 934 g/mol. The standard InChI is InChI=1S/C53H79N3O9S/c1-4-7-8-9-10-11-12-13-14-15-16-17-18-23-35-66-49-38-47(55-63-39-40-26-28-42(29-27-40)56(60)61)45-36-41(24-19-21-32-57)44(25-20-22-33-58)50-46-37-43(64-52(59)54-6-3)30-31-48(46)65-53(49,51(45)50)62-34-5-2/h5,26-31,36-37,41,44,49-51,57-58H,2,4,6-25,32-35,38-39H2,1,3H3,(H,54,59). The second-order valence-corrected chi connectivity index (χ2v) is 19.6. The molecule has 2 aromatic rings. The molecule has 1 heterocycles. The number of aliphatic hydroxyl groups excluding tert-OH is 2. The highest BCUT2D eigenvalue weighted by atomic mass is 32.2. The summed E-state index contributed by atoms with van der Waals surface area (Å²) in [6.45, 7) is 9.25. The van der Waals surface area contributed by atoms with Crippen LogP contribution in [0.25, 0.3) is 0 Å². The summed E-state index contributed by atoms with van der Waals surface area (Å²) in [7, 11) is 0. The van der Waals surface area contributed by atoms with E-state index >= 15 is 0 Å². The van der Waals surface area contributed by atoms with E-state index in [9.17, 15) is 25.1 Å². The van der Waals surface area contributed by atoms with E-state index in [0.29, 0.717) is 37.3 Å². The van der Waals surface area contributed by atoms with Crippen LogP contribution >= 0.6 is 11.8 Å². The van der Waals surface area contributed by atoms with E-state index in [-0.39, 0.29) is 61.0 Å². The van der Waals surface area contributed by atoms with Crippen LogP contribution in [0.3, 0.4) is 0 Å². The zero-order valence-corrected chi connectivity index (χ0v) is 40.8. The molecule has 366 valence electrons. The van der Waals surface area contributed by atoms with Gasteiger partial charge in [-0.05, 0) is 98.1 Å². The first-order chi connectivity index (χ1) is 32.3. The van der Waals surface area contributed by atoms with Crippen molar-refractivity contribution >= 4 is 29.3 Å². The van der Waals surface area contributed by atoms with Gasteiger partial charge in [-0.3, -0.25) is 10.1 Å². The molecule has 0 radical (unpaired) electrons. The lowest BCUT2D eigenvalue weighted by molar-refractivity contribution is -0.384. The largest absolute Gasteiger partial charge is 0.460 e. The molecule has 1 saturated carbocycles. The molecule has 0 saturated heterocycles. The van der Waals surface area contributed by atoms with Gasteiger partial charge in [0, 0.05) is 49.8 Å². The number of aliphatic hydroxyl groups is 2. The van der Waals surface area contributed by atoms with Crippen molar-refractivity contribution < 1.29 is 39.0 Å². The van der Waals surface area contributed by atoms with Crippen molar-refractivity contribution in [3.8, 4) is 11.5 Å². The van der Waals surface area contributed by atoms with E-state index in [1.807, 2.05) is 30.8 Å². The first-order valence-corrected chi connectivity index (χ1v) is 26.4. The summed E-state index contributed by atoms with van der Waals surface area (Å²) in [6, 6.07) is 12.0. The molecule has 66 heavy (non-hydrogen) atoms. The Hall–Kier alpha value is -3.91. The van der Waals surface area contributed by atoms with E-state index in [1.54, 1.807) is 24.3 Å². The molecular formula is C53H79N3O9S. The van der Waals surface area contributed by atoms with Gasteiger partial charge in [0.2, 0.25) is 5.79 Å². The monoisotopic (exact) mass is 934 g/mol. The number of allylic oxidation sites excluding steroid dienone is 1. The SMILES string of the molecule is C=CCOC12Oc3ccc(OC(=O)NCC)cc3C3C(CCCCO)C(CCCCO)C=C(C(=NOCc4ccc([N+](=O)[O-])cc4)CC1SCCCCCCCCCCCCCCCC)C32. The highest BCUT2D eigenvalue weighted by Gasteiger charge is 2.64. The van der Waals surface area contributed by atoms with Crippen molar-refractivity contribution in [1.29, 1.82) is 0 Å². The fourth-order valence-electron chi connectivity index (χ4n) is 10.2. The maximum absolute atomic E-state index is 12.7. The zero-order chi connectivity index (χ0) is 47.0. The number of carbonyl (C=O) groups excluding carboxylic acids is 1. The van der Waals surface area contributed by atoms with Crippen LogP contribution in [0.2, 0.25) is 0 Å². The third-order valence-corrected chi connectivity index (χ3v) is 14.9. The smallest absolute Gasteiger partial charge is 0.412 e. The Morgan fingerprint density at radius 3 is 2.18 bits per heavy atom. The number of unbranched alkanes of at least 4 members (excludes halogenated alkanes) is 15. The van der Waals surface area contributed by atoms with Crippen LogP contribution in [-0.2, 0) is 16.2 Å². The van der Waals surface area contributed by atoms with E-state index in [1.165, 1.54) is 89.2 Å². The number of non-ortho nitro benzene ring substituents is 1. The topological polar surface area (TPSA) is 162 Å². The molecule has 12 nitrogen and oxygen atoms in total. The molecule has 1 amide bonds. The number of benzene rings is 2. The summed E-state index contributed by atoms with van der Waals surface area (Å²) in [4.78, 5) is 29.8. The summed E-state index contributed by atoms with van der Waals surface area (Å²) in [6.07, 6.45) is 27.1. The maximum Gasteiger partial charge on any atom is 0.412 e. The van der Waals surface area contributed by atoms with Gasteiger partial charge in [-0.25, -0.2) is 4.79 Å². The molecule has 6 unspecified atom stereocenters. The van der Waals surface area contributed by atoms with Gasteiger partial charge in [0.25, 0.3) is 5.69 Å². The molecular weight excluding hydrogens is 855 g/mol. The van der Waals surface area contributed by atoms with E-state index in [4.69, 9.17) is 24.2 Å². The molecule has 0 bridgehead atoms. The number of hydrogen-bond donors (Lipinski definition) is 3. The van der Waals surface area contributed by atoms with Crippen LogP contribution in [0.1, 0.15) is 166 Å². The quantitative estimate of drug-likeness (QED) is 0.0272. The van der Waals surface area contributed by atoms with Crippen molar-refractivity contribution in [3.63, 3.8) is 0 Å². The summed E-state index contributed by atoms with van der Waals surface area (Å²) in [5.74, 6) is 0.697. The molecule has 3 N–H and O–H groups in total. The number of carbonyl (C=O) groups is 1. The van der Waals surface area contributed by atoms with E-state index in [0.717, 1.165) is 66.7 Å². The van der Waals surface area contributed by atoms with Gasteiger partial charge in [0.1, 0.15) is 18.1 Å². The number of thioether (sulfide) groups is 1. The fraction of sp³-hybridized carbons (Fsp3) is 0.660. The fourth-order valence-corrected chi connectivity index (χ4v) is 11.7. The van der Waals surface area contributed by atoms with Crippen molar-refractivity contribution in [2.24, 2.45) is 22.9 Å². The Morgan fingerprint density at radius 2 is 1.56 bits per heavy atom. The molecule has 3 aliphatic rings. The van der Waals surface area contributed by atoms with Crippen LogP contribution in [0, 0.1) is 27.9 Å². The Morgan fingerprint density at radius 1 is 0.909 bits per heavy atom. The third kappa shape index (κ3) is 15.3. The van der Waals surface area contributed by atoms with Gasteiger partial charge in [-0.15, -0.1) is 6.58 Å². The van der Waals surface area contributed by atoms with Gasteiger partial charge >= 0.3 is 6.09 Å². The highest BCUT2D eigenvalue weighted by Crippen LogP contribution is 2.62. The predicted molar refractivity (Wildman–Crippen MR) is 265 cm³/mol. The number of nitro groups is 1. The normalized spacial score (nSPS) is 22.5. The lowest BCUT2D eigenvalue weighted by Crippen LogP contribution is -2.64. The van der Waals surface area contributed by atoms with Gasteiger partial charge in [0.05, 0.1) is 28.4 Å². The Balaban J connectivity index is 1.45. The zero-order valence-electron chi connectivity index (χ0n) is 39.9. The van der Waals surface area contributed by atoms with Crippen molar-refractivity contribution in [2.45, 2.75) is 172 Å². The van der Waals surface area contributed by atoms with Gasteiger partial charge in [-0.1, -0.05) is 121 Å². The van der Waals surface area contributed by atoms with Crippen LogP contribution in [0.4, 0.5) is 10.5 Å². The number of fused-ring (bicyclic) bond motifs is 2. The van der Waals surface area contributed by atoms with Crippen molar-refractivity contribution in [2.75, 3.05) is 32.1 Å². The van der Waals surface area contributed by atoms with E-state index < -0.39 is 16.8 Å². The second-order valence-electron chi connectivity index (χ2n) is 18.3. The summed E-state index contributed by atoms with van der Waals surface area (Å²) in [5.41, 5.74) is 3.56. The minimum absolute atomic E-state index is 0.0168. The number of amides is 1. The minimum Gasteiger partial charge on any atom is -0.460 e. The molecule has 0 aromatic heterocycles. The lowest BCUT2D eigenvalue weighted by atomic mass is 9.56. The molecule has 2 aromatic carbocycles. The summed E-state index contributed by atoms with van der Waals surface area (Å²) < 4.78 is 20.2. The maximum atomic E-state index is 12.7. The molecule has 5 rings (SSSR count). The van der Waals surface area contributed by atoms with Crippen molar-refractivity contribution in [1.82, 2.24) is 5.32 Å². The van der Waals surface area contributed by atoms with Crippen LogP contribution < -0.4 is 14.8 Å². The van der Waals surface area contributed by atoms with Crippen molar-refractivity contribution in [3.05, 3.63) is 88.0 Å². The number of ether oxygens (including phenoxy) is 3. The molecule has 1 aliphatic heterocycles. The summed E-state index contributed by atoms with van der Waals surface area (Å²) in [5, 5.41) is 38.6. The lowest BCUT2D eigenvalue weighted by Gasteiger charge is -2.58. The molecule has 6 atom stereocenters. The number of rotatable bonds is 33. The van der Waals surface area contributed by atoms with Crippen LogP contribution in [0.15, 0.2) is 71.9 Å². The number of hydrogen-bond acceptors (Lipinski definition) is 11. The Bertz CT molecular complexity index is 1840. The molecule has 2 aliphatic carbocycles. The first kappa shape index (κ1) is 53.1. The Labute approximate surface area is 398 Å². The van der Waals surface area contributed by atoms with Crippen LogP contribution in [0.5, 0.6) is 11.5 Å². The number of oxime groups is 1. The third-order valence-electron chi connectivity index (χ3n) is 13.5. The summed E-state index contributed by atoms with van der Waals surface area (Å²) >= 11 is 1.87. The van der Waals surface area contributed by atoms with Crippen LogP contribution in [-0.4, -0.2) is 70.1 Å². The number of nitrogens with one attached hydrogen (secondary N) is 1. The minimum atomic E-state index is -1.09. The number of nitrogens with zero attached hydrogens (tertiary/aromatic N) is 2. The Kier molecular flexibility index (Phi) is 23.4. The average Bonchev–Trinajstić information content (AvgIpc) is 3.31.